The first-order valence-corrected chi connectivity index (χ1v) is 12.8. The van der Waals surface area contributed by atoms with Crippen molar-refractivity contribution in [2.45, 2.75) is 52.0 Å². The molecule has 0 spiro atoms. The third kappa shape index (κ3) is 4.05. The van der Waals surface area contributed by atoms with Gasteiger partial charge in [0.05, 0.1) is 22.9 Å². The molecule has 0 amide bonds. The van der Waals surface area contributed by atoms with E-state index >= 15 is 0 Å². The summed E-state index contributed by atoms with van der Waals surface area (Å²) in [7, 11) is 0. The summed E-state index contributed by atoms with van der Waals surface area (Å²) in [5.74, 6) is 0.234. The Morgan fingerprint density at radius 1 is 1.08 bits per heavy atom. The molecule has 4 aromatic rings. The lowest BCUT2D eigenvalue weighted by atomic mass is 9.78. The van der Waals surface area contributed by atoms with Crippen LogP contribution in [0.1, 0.15) is 60.6 Å². The maximum Gasteiger partial charge on any atom is 0.229 e. The topological polar surface area (TPSA) is 63.6 Å². The minimum atomic E-state index is 0.0472. The molecule has 0 radical (unpaired) electrons. The molecular weight excluding hydrogens is 456 g/mol. The molecule has 5 heterocycles. The second-order valence-corrected chi connectivity index (χ2v) is 10.2. The van der Waals surface area contributed by atoms with Crippen molar-refractivity contribution in [2.75, 3.05) is 0 Å². The summed E-state index contributed by atoms with van der Waals surface area (Å²) >= 11 is 0. The van der Waals surface area contributed by atoms with E-state index in [0.29, 0.717) is 12.1 Å². The molecular formula is C32H30N4O. The molecule has 2 aliphatic rings. The van der Waals surface area contributed by atoms with E-state index in [-0.39, 0.29) is 12.0 Å². The molecule has 0 N–H and O–H groups in total. The van der Waals surface area contributed by atoms with Gasteiger partial charge in [0.2, 0.25) is 5.71 Å². The molecule has 2 unspecified atom stereocenters. The Kier molecular flexibility index (Phi) is 5.71. The lowest BCUT2D eigenvalue weighted by molar-refractivity contribution is 0.489. The fraction of sp³-hybridized carbons (Fsp3) is 0.250. The van der Waals surface area contributed by atoms with E-state index in [0.717, 1.165) is 68.8 Å². The van der Waals surface area contributed by atoms with Crippen LogP contribution < -0.4 is 0 Å². The molecule has 37 heavy (non-hydrogen) atoms. The number of allylic oxidation sites excluding steroid dienone is 3. The molecule has 1 aromatic carbocycles. The van der Waals surface area contributed by atoms with Gasteiger partial charge in [0.15, 0.2) is 5.58 Å². The first kappa shape index (κ1) is 23.3. The number of aromatic nitrogens is 2. The van der Waals surface area contributed by atoms with Crippen molar-refractivity contribution in [1.82, 2.24) is 9.97 Å². The smallest absolute Gasteiger partial charge is 0.229 e. The van der Waals surface area contributed by atoms with Crippen LogP contribution in [-0.4, -0.2) is 27.4 Å². The van der Waals surface area contributed by atoms with Crippen molar-refractivity contribution in [3.05, 3.63) is 107 Å². The molecule has 6 rings (SSSR count). The summed E-state index contributed by atoms with van der Waals surface area (Å²) in [6, 6.07) is 12.7. The van der Waals surface area contributed by atoms with E-state index in [1.54, 1.807) is 0 Å². The molecule has 3 aromatic heterocycles. The highest BCUT2D eigenvalue weighted by Crippen LogP contribution is 2.40. The number of aryl methyl sites for hydroxylation is 2. The molecule has 0 saturated carbocycles. The zero-order valence-corrected chi connectivity index (χ0v) is 21.6. The van der Waals surface area contributed by atoms with Gasteiger partial charge in [-0.3, -0.25) is 15.0 Å². The molecule has 5 nitrogen and oxygen atoms in total. The van der Waals surface area contributed by atoms with Crippen LogP contribution in [0.3, 0.4) is 0 Å². The van der Waals surface area contributed by atoms with Crippen LogP contribution in [0.5, 0.6) is 0 Å². The number of nitrogens with zero attached hydrogens (tertiary/aromatic N) is 4. The largest absolute Gasteiger partial charge is 0.436 e. The van der Waals surface area contributed by atoms with Gasteiger partial charge in [-0.2, -0.15) is 0 Å². The van der Waals surface area contributed by atoms with Crippen molar-refractivity contribution >= 4 is 33.6 Å². The zero-order valence-electron chi connectivity index (χ0n) is 21.6. The average molecular weight is 487 g/mol. The average Bonchev–Trinajstić information content (AvgIpc) is 3.24. The van der Waals surface area contributed by atoms with Gasteiger partial charge in [-0.05, 0) is 63.5 Å². The number of rotatable bonds is 2. The Hall–Kier alpha value is -4.12. The van der Waals surface area contributed by atoms with Gasteiger partial charge in [-0.1, -0.05) is 43.0 Å². The van der Waals surface area contributed by atoms with E-state index < -0.39 is 0 Å². The van der Waals surface area contributed by atoms with Crippen LogP contribution in [0.15, 0.2) is 93.6 Å². The second kappa shape index (κ2) is 9.07. The number of fused-ring (bicyclic) bond motifs is 8. The van der Waals surface area contributed by atoms with Crippen LogP contribution in [-0.2, 0) is 6.42 Å². The maximum absolute atomic E-state index is 6.41. The third-order valence-corrected chi connectivity index (χ3v) is 7.32. The molecule has 184 valence electrons. The Labute approximate surface area is 217 Å². The minimum Gasteiger partial charge on any atom is -0.436 e. The zero-order chi connectivity index (χ0) is 25.7. The summed E-state index contributed by atoms with van der Waals surface area (Å²) in [5, 5.41) is 0.937. The molecule has 0 saturated heterocycles. The van der Waals surface area contributed by atoms with Gasteiger partial charge in [0.25, 0.3) is 0 Å². The quantitative estimate of drug-likeness (QED) is 0.296. The number of furan rings is 1. The maximum atomic E-state index is 6.41. The standard InChI is InChI=1S/C32H30N4O/c1-6-27-22-10-8-7-9-21(22)23-13-14-24-26(28(15-18(2)3)34-20(5)16-29(23)36-27)17-33-30-25-12-11-19(4)35-32(25)37-31(24)30/h6-12,15,17,23,29H,1,5,13-14,16H2,2-4H3/b34-28-. The number of aliphatic imine (C=N–C) groups is 2. The van der Waals surface area contributed by atoms with Gasteiger partial charge in [0, 0.05) is 46.6 Å². The van der Waals surface area contributed by atoms with Crippen LogP contribution in [0.25, 0.3) is 22.2 Å². The van der Waals surface area contributed by atoms with Crippen LogP contribution in [0, 0.1) is 6.92 Å². The van der Waals surface area contributed by atoms with Gasteiger partial charge in [-0.25, -0.2) is 4.98 Å². The minimum absolute atomic E-state index is 0.0472. The molecule has 2 aliphatic heterocycles. The van der Waals surface area contributed by atoms with E-state index in [2.05, 4.69) is 68.4 Å². The molecule has 0 bridgehead atoms. The predicted molar refractivity (Wildman–Crippen MR) is 152 cm³/mol. The molecule has 5 heteroatoms. The number of pyridine rings is 2. The Morgan fingerprint density at radius 3 is 2.73 bits per heavy atom. The fourth-order valence-corrected chi connectivity index (χ4v) is 5.69. The van der Waals surface area contributed by atoms with E-state index in [1.807, 2.05) is 25.3 Å². The van der Waals surface area contributed by atoms with Crippen molar-refractivity contribution in [2.24, 2.45) is 9.98 Å². The first-order chi connectivity index (χ1) is 17.9. The summed E-state index contributed by atoms with van der Waals surface area (Å²) in [6.45, 7) is 14.5. The second-order valence-electron chi connectivity index (χ2n) is 10.2. The Balaban J connectivity index is 1.58. The molecule has 0 fully saturated rings. The van der Waals surface area contributed by atoms with E-state index in [9.17, 15) is 0 Å². The molecule has 2 atom stereocenters. The monoisotopic (exact) mass is 486 g/mol. The van der Waals surface area contributed by atoms with E-state index in [1.165, 1.54) is 11.1 Å². The van der Waals surface area contributed by atoms with Crippen LogP contribution in [0.4, 0.5) is 0 Å². The number of hydrogen-bond acceptors (Lipinski definition) is 5. The Bertz CT molecular complexity index is 1680. The van der Waals surface area contributed by atoms with Gasteiger partial charge < -0.3 is 4.42 Å². The molecule has 0 aliphatic carbocycles. The first-order valence-electron chi connectivity index (χ1n) is 12.8. The summed E-state index contributed by atoms with van der Waals surface area (Å²) < 4.78 is 6.41. The van der Waals surface area contributed by atoms with Gasteiger partial charge in [-0.15, -0.1) is 0 Å². The lowest BCUT2D eigenvalue weighted by Gasteiger charge is -2.32. The summed E-state index contributed by atoms with van der Waals surface area (Å²) in [5.41, 5.74) is 11.5. The van der Waals surface area contributed by atoms with Crippen molar-refractivity contribution in [3.63, 3.8) is 0 Å². The van der Waals surface area contributed by atoms with Crippen LogP contribution in [0.2, 0.25) is 0 Å². The summed E-state index contributed by atoms with van der Waals surface area (Å²) in [4.78, 5) is 19.7. The van der Waals surface area contributed by atoms with Gasteiger partial charge in [0.1, 0.15) is 5.52 Å². The highest BCUT2D eigenvalue weighted by Gasteiger charge is 2.32. The normalized spacial score (nSPS) is 20.8. The number of hydrogen-bond donors (Lipinski definition) is 0. The third-order valence-electron chi connectivity index (χ3n) is 7.32. The van der Waals surface area contributed by atoms with Crippen LogP contribution >= 0.6 is 0 Å². The van der Waals surface area contributed by atoms with Crippen molar-refractivity contribution in [1.29, 1.82) is 0 Å². The summed E-state index contributed by atoms with van der Waals surface area (Å²) in [6.07, 6.45) is 8.33. The van der Waals surface area contributed by atoms with E-state index in [4.69, 9.17) is 19.4 Å². The predicted octanol–water partition coefficient (Wildman–Crippen LogP) is 7.43. The van der Waals surface area contributed by atoms with Gasteiger partial charge >= 0.3 is 0 Å². The Morgan fingerprint density at radius 2 is 1.92 bits per heavy atom. The lowest BCUT2D eigenvalue weighted by Crippen LogP contribution is -2.27. The number of benzene rings is 1. The van der Waals surface area contributed by atoms with Crippen molar-refractivity contribution < 1.29 is 4.42 Å². The highest BCUT2D eigenvalue weighted by atomic mass is 16.3. The fourth-order valence-electron chi connectivity index (χ4n) is 5.69. The van der Waals surface area contributed by atoms with Crippen molar-refractivity contribution in [3.8, 4) is 0 Å². The highest BCUT2D eigenvalue weighted by molar-refractivity contribution is 6.14. The SMILES string of the molecule is C=CC1=NC2CC(=C)/N=C(/C=C(C)C)c3cnc4c(oc5nc(C)ccc54)c3CCC2c2ccccc21.